The number of aryl methyl sites for hydroxylation is 1. The second-order valence-corrected chi connectivity index (χ2v) is 4.61. The molecule has 2 aromatic rings. The molecule has 3 heterocycles. The molecule has 0 amide bonds. The van der Waals surface area contributed by atoms with Gasteiger partial charge in [0.25, 0.3) is 5.56 Å². The van der Waals surface area contributed by atoms with Crippen LogP contribution in [0.15, 0.2) is 17.3 Å². The van der Waals surface area contributed by atoms with Gasteiger partial charge in [0.1, 0.15) is 5.82 Å². The second-order valence-electron chi connectivity index (χ2n) is 4.61. The number of fused-ring (bicyclic) bond motifs is 1. The van der Waals surface area contributed by atoms with Gasteiger partial charge in [-0.05, 0) is 19.3 Å². The Morgan fingerprint density at radius 3 is 2.72 bits per heavy atom. The van der Waals surface area contributed by atoms with Crippen molar-refractivity contribution in [1.82, 2.24) is 19.5 Å². The summed E-state index contributed by atoms with van der Waals surface area (Å²) in [7, 11) is 1.67. The van der Waals surface area contributed by atoms with E-state index in [-0.39, 0.29) is 5.56 Å². The summed E-state index contributed by atoms with van der Waals surface area (Å²) < 4.78 is 1.43. The molecule has 2 aromatic heterocycles. The van der Waals surface area contributed by atoms with Gasteiger partial charge in [-0.25, -0.2) is 15.0 Å². The number of hydrogen-bond acceptors (Lipinski definition) is 5. The third-order valence-corrected chi connectivity index (χ3v) is 3.30. The van der Waals surface area contributed by atoms with Gasteiger partial charge in [-0.2, -0.15) is 0 Å². The van der Waals surface area contributed by atoms with Crippen LogP contribution in [0, 0.1) is 0 Å². The number of rotatable bonds is 1. The molecule has 18 heavy (non-hydrogen) atoms. The first-order valence-electron chi connectivity index (χ1n) is 6.19. The van der Waals surface area contributed by atoms with Crippen molar-refractivity contribution < 1.29 is 0 Å². The molecule has 1 aliphatic rings. The minimum atomic E-state index is -0.147. The Bertz CT molecular complexity index is 630. The minimum Gasteiger partial charge on any atom is -0.355 e. The average Bonchev–Trinajstić information content (AvgIpc) is 2.44. The van der Waals surface area contributed by atoms with Crippen LogP contribution < -0.4 is 10.5 Å². The molecule has 6 heteroatoms. The monoisotopic (exact) mass is 245 g/mol. The van der Waals surface area contributed by atoms with E-state index in [0.29, 0.717) is 11.2 Å². The first-order chi connectivity index (χ1) is 8.75. The molecule has 0 atom stereocenters. The number of piperidine rings is 1. The van der Waals surface area contributed by atoms with Crippen molar-refractivity contribution in [2.75, 3.05) is 18.0 Å². The number of anilines is 1. The summed E-state index contributed by atoms with van der Waals surface area (Å²) >= 11 is 0. The Morgan fingerprint density at radius 1 is 1.17 bits per heavy atom. The molecule has 6 nitrogen and oxygen atoms in total. The van der Waals surface area contributed by atoms with E-state index in [1.54, 1.807) is 13.2 Å². The Labute approximate surface area is 104 Å². The van der Waals surface area contributed by atoms with Crippen LogP contribution in [0.3, 0.4) is 0 Å². The van der Waals surface area contributed by atoms with Gasteiger partial charge in [-0.15, -0.1) is 0 Å². The summed E-state index contributed by atoms with van der Waals surface area (Å²) in [5.74, 6) is 0.785. The van der Waals surface area contributed by atoms with Gasteiger partial charge in [0.15, 0.2) is 11.2 Å². The Balaban J connectivity index is 2.09. The molecule has 0 saturated carbocycles. The van der Waals surface area contributed by atoms with Crippen molar-refractivity contribution in [3.8, 4) is 0 Å². The van der Waals surface area contributed by atoms with E-state index in [9.17, 15) is 4.79 Å². The van der Waals surface area contributed by atoms with Crippen LogP contribution in [0.1, 0.15) is 19.3 Å². The summed E-state index contributed by atoms with van der Waals surface area (Å²) in [5.41, 5.74) is 0.619. The standard InChI is InChI=1S/C12H15N5O/c1-16-8-14-11-10(12(16)18)15-9(7-13-11)17-5-3-2-4-6-17/h7-8H,2-6H2,1H3. The fraction of sp³-hybridized carbons (Fsp3) is 0.500. The van der Waals surface area contributed by atoms with Gasteiger partial charge < -0.3 is 9.47 Å². The van der Waals surface area contributed by atoms with Crippen molar-refractivity contribution in [2.45, 2.75) is 19.3 Å². The van der Waals surface area contributed by atoms with Crippen LogP contribution in [-0.2, 0) is 7.05 Å². The number of nitrogens with zero attached hydrogens (tertiary/aromatic N) is 5. The zero-order valence-electron chi connectivity index (χ0n) is 10.3. The highest BCUT2D eigenvalue weighted by Gasteiger charge is 2.14. The molecule has 3 rings (SSSR count). The molecular formula is C12H15N5O. The normalized spacial score (nSPS) is 16.2. The Kier molecular flexibility index (Phi) is 2.70. The van der Waals surface area contributed by atoms with E-state index in [0.717, 1.165) is 18.9 Å². The molecule has 0 bridgehead atoms. The molecule has 0 spiro atoms. The van der Waals surface area contributed by atoms with E-state index >= 15 is 0 Å². The fourth-order valence-corrected chi connectivity index (χ4v) is 2.25. The summed E-state index contributed by atoms with van der Waals surface area (Å²) in [6, 6.07) is 0. The highest BCUT2D eigenvalue weighted by molar-refractivity contribution is 5.69. The second kappa shape index (κ2) is 4.36. The van der Waals surface area contributed by atoms with Crippen LogP contribution in [0.25, 0.3) is 11.2 Å². The van der Waals surface area contributed by atoms with E-state index < -0.39 is 0 Å². The molecule has 0 radical (unpaired) electrons. The lowest BCUT2D eigenvalue weighted by Gasteiger charge is -2.27. The number of hydrogen-bond donors (Lipinski definition) is 0. The van der Waals surface area contributed by atoms with Gasteiger partial charge in [0, 0.05) is 20.1 Å². The van der Waals surface area contributed by atoms with Crippen LogP contribution in [0.5, 0.6) is 0 Å². The Hall–Kier alpha value is -1.98. The zero-order valence-corrected chi connectivity index (χ0v) is 10.3. The highest BCUT2D eigenvalue weighted by Crippen LogP contribution is 2.17. The first kappa shape index (κ1) is 11.1. The predicted octanol–water partition coefficient (Wildman–Crippen LogP) is 0.714. The molecular weight excluding hydrogens is 230 g/mol. The van der Waals surface area contributed by atoms with Gasteiger partial charge in [0.2, 0.25) is 0 Å². The lowest BCUT2D eigenvalue weighted by molar-refractivity contribution is 0.573. The van der Waals surface area contributed by atoms with Crippen molar-refractivity contribution in [1.29, 1.82) is 0 Å². The maximum Gasteiger partial charge on any atom is 0.281 e. The highest BCUT2D eigenvalue weighted by atomic mass is 16.1. The minimum absolute atomic E-state index is 0.147. The lowest BCUT2D eigenvalue weighted by Crippen LogP contribution is -2.30. The molecule has 1 saturated heterocycles. The van der Waals surface area contributed by atoms with Crippen LogP contribution in [0.4, 0.5) is 5.82 Å². The summed E-state index contributed by atoms with van der Waals surface area (Å²) in [6.45, 7) is 1.97. The largest absolute Gasteiger partial charge is 0.355 e. The van der Waals surface area contributed by atoms with Crippen LogP contribution in [-0.4, -0.2) is 32.6 Å². The predicted molar refractivity (Wildman–Crippen MR) is 68.6 cm³/mol. The molecule has 0 unspecified atom stereocenters. The lowest BCUT2D eigenvalue weighted by atomic mass is 10.1. The topological polar surface area (TPSA) is 63.9 Å². The first-order valence-corrected chi connectivity index (χ1v) is 6.19. The molecule has 0 aliphatic carbocycles. The quantitative estimate of drug-likeness (QED) is 0.740. The van der Waals surface area contributed by atoms with E-state index in [1.165, 1.54) is 30.2 Å². The summed E-state index contributed by atoms with van der Waals surface area (Å²) in [6.07, 6.45) is 6.79. The van der Waals surface area contributed by atoms with Gasteiger partial charge in [-0.3, -0.25) is 4.79 Å². The molecule has 0 N–H and O–H groups in total. The van der Waals surface area contributed by atoms with E-state index in [2.05, 4.69) is 19.9 Å². The van der Waals surface area contributed by atoms with Crippen molar-refractivity contribution >= 4 is 17.0 Å². The zero-order chi connectivity index (χ0) is 12.5. The molecule has 94 valence electrons. The maximum atomic E-state index is 12.0. The van der Waals surface area contributed by atoms with Crippen molar-refractivity contribution in [2.24, 2.45) is 7.05 Å². The van der Waals surface area contributed by atoms with E-state index in [1.807, 2.05) is 0 Å². The average molecular weight is 245 g/mol. The smallest absolute Gasteiger partial charge is 0.281 e. The van der Waals surface area contributed by atoms with Crippen LogP contribution in [0.2, 0.25) is 0 Å². The summed E-state index contributed by atoms with van der Waals surface area (Å²) in [5, 5.41) is 0. The number of aromatic nitrogens is 4. The third kappa shape index (κ3) is 1.83. The van der Waals surface area contributed by atoms with Gasteiger partial charge in [-0.1, -0.05) is 0 Å². The SMILES string of the molecule is Cn1cnc2ncc(N3CCCCC3)nc2c1=O. The molecule has 1 aliphatic heterocycles. The van der Waals surface area contributed by atoms with E-state index in [4.69, 9.17) is 0 Å². The van der Waals surface area contributed by atoms with Gasteiger partial charge in [0.05, 0.1) is 12.5 Å². The van der Waals surface area contributed by atoms with Gasteiger partial charge >= 0.3 is 0 Å². The van der Waals surface area contributed by atoms with Crippen LogP contribution >= 0.6 is 0 Å². The molecule has 1 fully saturated rings. The Morgan fingerprint density at radius 2 is 1.94 bits per heavy atom. The maximum absolute atomic E-state index is 12.0. The fourth-order valence-electron chi connectivity index (χ4n) is 2.25. The van der Waals surface area contributed by atoms with Crippen molar-refractivity contribution in [3.63, 3.8) is 0 Å². The van der Waals surface area contributed by atoms with Crippen molar-refractivity contribution in [3.05, 3.63) is 22.9 Å². The summed E-state index contributed by atoms with van der Waals surface area (Å²) in [4.78, 5) is 26.9. The third-order valence-electron chi connectivity index (χ3n) is 3.30. The molecule has 0 aromatic carbocycles.